The fourth-order valence-electron chi connectivity index (χ4n) is 4.16. The molecule has 3 rings (SSSR count). The van der Waals surface area contributed by atoms with Gasteiger partial charge in [-0.2, -0.15) is 0 Å². The molecule has 2 heterocycles. The summed E-state index contributed by atoms with van der Waals surface area (Å²) in [6.45, 7) is 6.72. The number of aromatic nitrogens is 1. The third kappa shape index (κ3) is 6.25. The molecule has 1 aromatic carbocycles. The van der Waals surface area contributed by atoms with Gasteiger partial charge in [0.05, 0.1) is 13.3 Å². The highest BCUT2D eigenvalue weighted by Crippen LogP contribution is 2.26. The topological polar surface area (TPSA) is 124 Å². The van der Waals surface area contributed by atoms with Gasteiger partial charge in [0.25, 0.3) is 5.91 Å². The molecule has 9 heteroatoms. The summed E-state index contributed by atoms with van der Waals surface area (Å²) in [7, 11) is 3.33. The third-order valence-electron chi connectivity index (χ3n) is 5.87. The molecule has 3 amide bonds. The molecule has 1 fully saturated rings. The molecular weight excluding hydrogens is 422 g/mol. The lowest BCUT2D eigenvalue weighted by Gasteiger charge is -2.28. The van der Waals surface area contributed by atoms with Crippen molar-refractivity contribution in [3.8, 4) is 5.75 Å². The van der Waals surface area contributed by atoms with Gasteiger partial charge in [-0.1, -0.05) is 26.8 Å². The highest BCUT2D eigenvalue weighted by molar-refractivity contribution is 6.01. The first-order valence-electron chi connectivity index (χ1n) is 11.3. The van der Waals surface area contributed by atoms with Gasteiger partial charge in [-0.15, -0.1) is 0 Å². The SMILES string of the molecule is CN[C@H](C[C@@H]1CCNC1=O)NC(=O)[C@H](CC(C)(C)C)NC(=O)c1cc2c(OC)cccc2[nH]1. The summed E-state index contributed by atoms with van der Waals surface area (Å²) in [5.41, 5.74) is 0.940. The highest BCUT2D eigenvalue weighted by Gasteiger charge is 2.31. The Morgan fingerprint density at radius 2 is 2.00 bits per heavy atom. The van der Waals surface area contributed by atoms with E-state index >= 15 is 0 Å². The summed E-state index contributed by atoms with van der Waals surface area (Å²) in [4.78, 5) is 41.3. The van der Waals surface area contributed by atoms with Crippen LogP contribution in [0.3, 0.4) is 0 Å². The van der Waals surface area contributed by atoms with E-state index in [0.717, 1.165) is 17.3 Å². The standard InChI is InChI=1S/C24H35N5O4/c1-24(2,3)13-18(23(32)29-20(25-4)11-14-9-10-26-21(14)30)28-22(31)17-12-15-16(27-17)7-6-8-19(15)33-5/h6-8,12,14,18,20,25,27H,9-11,13H2,1-5H3,(H,26,30)(H,28,31)(H,29,32)/t14-,18-,20-/m0/s1. The van der Waals surface area contributed by atoms with Gasteiger partial charge >= 0.3 is 0 Å². The monoisotopic (exact) mass is 457 g/mol. The van der Waals surface area contributed by atoms with Gasteiger partial charge in [0.2, 0.25) is 11.8 Å². The average molecular weight is 458 g/mol. The van der Waals surface area contributed by atoms with Crippen LogP contribution in [0.1, 0.15) is 50.5 Å². The molecule has 0 radical (unpaired) electrons. The quantitative estimate of drug-likeness (QED) is 0.368. The van der Waals surface area contributed by atoms with Crippen LogP contribution in [-0.4, -0.2) is 55.6 Å². The Labute approximate surface area is 194 Å². The highest BCUT2D eigenvalue weighted by atomic mass is 16.5. The van der Waals surface area contributed by atoms with E-state index in [9.17, 15) is 14.4 Å². The molecule has 5 N–H and O–H groups in total. The molecule has 3 atom stereocenters. The molecule has 2 aromatic rings. The van der Waals surface area contributed by atoms with Gasteiger partial charge in [-0.25, -0.2) is 0 Å². The van der Waals surface area contributed by atoms with E-state index in [0.29, 0.717) is 30.8 Å². The molecule has 1 saturated heterocycles. The zero-order valence-electron chi connectivity index (χ0n) is 20.0. The molecule has 0 saturated carbocycles. The van der Waals surface area contributed by atoms with Gasteiger partial charge in [0.1, 0.15) is 17.5 Å². The molecular formula is C24H35N5O4. The number of H-pyrrole nitrogens is 1. The number of nitrogens with one attached hydrogen (secondary N) is 5. The molecule has 1 aromatic heterocycles. The van der Waals surface area contributed by atoms with Gasteiger partial charge < -0.3 is 31.0 Å². The Balaban J connectivity index is 1.74. The van der Waals surface area contributed by atoms with Crippen molar-refractivity contribution >= 4 is 28.6 Å². The number of aromatic amines is 1. The van der Waals surface area contributed by atoms with Crippen molar-refractivity contribution in [3.63, 3.8) is 0 Å². The molecule has 0 spiro atoms. The van der Waals surface area contributed by atoms with Crippen LogP contribution in [0.2, 0.25) is 0 Å². The second-order valence-corrected chi connectivity index (χ2v) is 9.76. The van der Waals surface area contributed by atoms with Crippen molar-refractivity contribution in [2.24, 2.45) is 11.3 Å². The number of carbonyl (C=O) groups excluding carboxylic acids is 3. The number of fused-ring (bicyclic) bond motifs is 1. The Hall–Kier alpha value is -3.07. The van der Waals surface area contributed by atoms with Crippen LogP contribution < -0.4 is 26.0 Å². The summed E-state index contributed by atoms with van der Waals surface area (Å²) in [6.07, 6.45) is 1.32. The van der Waals surface area contributed by atoms with Gasteiger partial charge in [0.15, 0.2) is 0 Å². The lowest BCUT2D eigenvalue weighted by atomic mass is 9.87. The third-order valence-corrected chi connectivity index (χ3v) is 5.87. The number of rotatable bonds is 9. The smallest absolute Gasteiger partial charge is 0.268 e. The van der Waals surface area contributed by atoms with Crippen LogP contribution >= 0.6 is 0 Å². The Morgan fingerprint density at radius 3 is 2.61 bits per heavy atom. The molecule has 0 unspecified atom stereocenters. The second kappa shape index (κ2) is 10.2. The van der Waals surface area contributed by atoms with Crippen molar-refractivity contribution in [2.45, 2.75) is 52.2 Å². The number of amides is 3. The van der Waals surface area contributed by atoms with E-state index in [1.165, 1.54) is 0 Å². The Kier molecular flexibility index (Phi) is 7.63. The molecule has 1 aliphatic heterocycles. The van der Waals surface area contributed by atoms with Crippen LogP contribution in [0.5, 0.6) is 5.75 Å². The minimum Gasteiger partial charge on any atom is -0.496 e. The van der Waals surface area contributed by atoms with E-state index < -0.39 is 6.04 Å². The van der Waals surface area contributed by atoms with Crippen LogP contribution in [0.15, 0.2) is 24.3 Å². The normalized spacial score (nSPS) is 18.0. The minimum atomic E-state index is -0.737. The Bertz CT molecular complexity index is 1010. The zero-order valence-corrected chi connectivity index (χ0v) is 20.0. The van der Waals surface area contributed by atoms with E-state index in [-0.39, 0.29) is 35.2 Å². The van der Waals surface area contributed by atoms with Crippen LogP contribution in [0, 0.1) is 11.3 Å². The van der Waals surface area contributed by atoms with Crippen LogP contribution in [0.4, 0.5) is 0 Å². The number of ether oxygens (including phenoxy) is 1. The van der Waals surface area contributed by atoms with E-state index in [1.807, 2.05) is 39.0 Å². The predicted octanol–water partition coefficient (Wildman–Crippen LogP) is 1.90. The maximum atomic E-state index is 13.2. The number of carbonyl (C=O) groups is 3. The summed E-state index contributed by atoms with van der Waals surface area (Å²) in [5, 5.41) is 12.5. The first-order chi connectivity index (χ1) is 15.6. The van der Waals surface area contributed by atoms with Crippen molar-refractivity contribution in [1.29, 1.82) is 0 Å². The molecule has 1 aliphatic rings. The second-order valence-electron chi connectivity index (χ2n) is 9.76. The molecule has 9 nitrogen and oxygen atoms in total. The van der Waals surface area contributed by atoms with E-state index in [2.05, 4.69) is 26.3 Å². The fraction of sp³-hybridized carbons (Fsp3) is 0.542. The first-order valence-corrected chi connectivity index (χ1v) is 11.3. The van der Waals surface area contributed by atoms with Crippen LogP contribution in [0.25, 0.3) is 10.9 Å². The lowest BCUT2D eigenvalue weighted by Crippen LogP contribution is -2.54. The van der Waals surface area contributed by atoms with Crippen molar-refractivity contribution in [3.05, 3.63) is 30.0 Å². The largest absolute Gasteiger partial charge is 0.496 e. The molecule has 0 bridgehead atoms. The number of benzene rings is 1. The van der Waals surface area contributed by atoms with Crippen molar-refractivity contribution in [1.82, 2.24) is 26.3 Å². The summed E-state index contributed by atoms with van der Waals surface area (Å²) in [5.74, 6) is -0.115. The average Bonchev–Trinajstić information content (AvgIpc) is 3.37. The van der Waals surface area contributed by atoms with Gasteiger partial charge in [-0.05, 0) is 49.9 Å². The molecule has 33 heavy (non-hydrogen) atoms. The zero-order chi connectivity index (χ0) is 24.2. The van der Waals surface area contributed by atoms with Gasteiger partial charge in [0, 0.05) is 23.4 Å². The summed E-state index contributed by atoms with van der Waals surface area (Å²) >= 11 is 0. The van der Waals surface area contributed by atoms with E-state index in [1.54, 1.807) is 20.2 Å². The Morgan fingerprint density at radius 1 is 1.24 bits per heavy atom. The van der Waals surface area contributed by atoms with Crippen molar-refractivity contribution in [2.75, 3.05) is 20.7 Å². The maximum absolute atomic E-state index is 13.2. The van der Waals surface area contributed by atoms with Crippen molar-refractivity contribution < 1.29 is 19.1 Å². The maximum Gasteiger partial charge on any atom is 0.268 e. The predicted molar refractivity (Wildman–Crippen MR) is 127 cm³/mol. The number of hydrogen-bond donors (Lipinski definition) is 5. The minimum absolute atomic E-state index is 0.0123. The van der Waals surface area contributed by atoms with Gasteiger partial charge in [-0.3, -0.25) is 14.4 Å². The lowest BCUT2D eigenvalue weighted by molar-refractivity contribution is -0.126. The summed E-state index contributed by atoms with van der Waals surface area (Å²) in [6, 6.07) is 6.53. The molecule has 0 aliphatic carbocycles. The number of hydrogen-bond acceptors (Lipinski definition) is 5. The fourth-order valence-corrected chi connectivity index (χ4v) is 4.16. The van der Waals surface area contributed by atoms with E-state index in [4.69, 9.17) is 4.74 Å². The summed E-state index contributed by atoms with van der Waals surface area (Å²) < 4.78 is 5.37. The number of methoxy groups -OCH3 is 1. The first kappa shape index (κ1) is 24.6. The van der Waals surface area contributed by atoms with Crippen LogP contribution in [-0.2, 0) is 9.59 Å². The molecule has 180 valence electrons.